The molecule has 1 heterocycles. The van der Waals surface area contributed by atoms with Crippen molar-refractivity contribution in [3.63, 3.8) is 0 Å². The maximum absolute atomic E-state index is 11.3. The molecule has 112 valence electrons. The fourth-order valence-corrected chi connectivity index (χ4v) is 2.90. The summed E-state index contributed by atoms with van der Waals surface area (Å²) in [6, 6.07) is 9.04. The van der Waals surface area contributed by atoms with E-state index in [1.165, 1.54) is 4.88 Å². The van der Waals surface area contributed by atoms with Crippen LogP contribution in [0.4, 0.5) is 5.69 Å². The smallest absolute Gasteiger partial charge is 0.337 e. The van der Waals surface area contributed by atoms with Crippen molar-refractivity contribution in [2.24, 2.45) is 0 Å². The van der Waals surface area contributed by atoms with Gasteiger partial charge in [-0.3, -0.25) is 0 Å². The van der Waals surface area contributed by atoms with E-state index in [1.807, 2.05) is 11.4 Å². The predicted molar refractivity (Wildman–Crippen MR) is 85.8 cm³/mol. The highest BCUT2D eigenvalue weighted by Gasteiger charge is 2.22. The summed E-state index contributed by atoms with van der Waals surface area (Å²) in [5.41, 5.74) is 0.747. The summed E-state index contributed by atoms with van der Waals surface area (Å²) in [7, 11) is 1.56. The maximum Gasteiger partial charge on any atom is 0.337 e. The van der Waals surface area contributed by atoms with Crippen LogP contribution >= 0.6 is 11.3 Å². The number of hydrogen-bond acceptors (Lipinski definition) is 4. The van der Waals surface area contributed by atoms with Crippen molar-refractivity contribution in [1.29, 1.82) is 0 Å². The largest absolute Gasteiger partial charge is 0.497 e. The molecule has 2 N–H and O–H groups in total. The minimum Gasteiger partial charge on any atom is -0.497 e. The molecule has 2 rings (SSSR count). The first kappa shape index (κ1) is 15.4. The number of anilines is 1. The minimum atomic E-state index is -0.950. The fraction of sp³-hybridized carbons (Fsp3) is 0.312. The van der Waals surface area contributed by atoms with Gasteiger partial charge in [0.1, 0.15) is 5.75 Å². The minimum absolute atomic E-state index is 0.0764. The Labute approximate surface area is 128 Å². The zero-order chi connectivity index (χ0) is 15.5. The van der Waals surface area contributed by atoms with E-state index in [1.54, 1.807) is 36.6 Å². The summed E-state index contributed by atoms with van der Waals surface area (Å²) >= 11 is 1.70. The van der Waals surface area contributed by atoms with Gasteiger partial charge < -0.3 is 15.2 Å². The van der Waals surface area contributed by atoms with E-state index >= 15 is 0 Å². The van der Waals surface area contributed by atoms with Crippen molar-refractivity contribution in [3.8, 4) is 5.75 Å². The van der Waals surface area contributed by atoms with Crippen LogP contribution in [0.1, 0.15) is 29.1 Å². The Morgan fingerprint density at radius 2 is 2.14 bits per heavy atom. The lowest BCUT2D eigenvalue weighted by molar-refractivity contribution is 0.0698. The Kier molecular flexibility index (Phi) is 4.53. The van der Waals surface area contributed by atoms with Gasteiger partial charge in [-0.05, 0) is 23.6 Å². The van der Waals surface area contributed by atoms with Gasteiger partial charge in [-0.2, -0.15) is 0 Å². The second-order valence-corrected chi connectivity index (χ2v) is 6.38. The highest BCUT2D eigenvalue weighted by molar-refractivity contribution is 7.10. The van der Waals surface area contributed by atoms with E-state index in [-0.39, 0.29) is 11.0 Å². The van der Waals surface area contributed by atoms with Crippen LogP contribution in [0.25, 0.3) is 0 Å². The van der Waals surface area contributed by atoms with Crippen LogP contribution in [0.5, 0.6) is 5.75 Å². The van der Waals surface area contributed by atoms with Crippen LogP contribution < -0.4 is 10.1 Å². The molecule has 0 spiro atoms. The van der Waals surface area contributed by atoms with Gasteiger partial charge in [0.25, 0.3) is 0 Å². The summed E-state index contributed by atoms with van der Waals surface area (Å²) in [5.74, 6) is -0.314. The highest BCUT2D eigenvalue weighted by Crippen LogP contribution is 2.29. The number of carbonyl (C=O) groups is 1. The Balaban J connectivity index is 2.21. The number of benzene rings is 1. The molecule has 5 heteroatoms. The molecule has 0 aliphatic rings. The molecular formula is C16H19NO3S. The van der Waals surface area contributed by atoms with Gasteiger partial charge in [-0.25, -0.2) is 4.79 Å². The molecule has 0 amide bonds. The van der Waals surface area contributed by atoms with Crippen molar-refractivity contribution in [2.45, 2.75) is 19.3 Å². The lowest BCUT2D eigenvalue weighted by Crippen LogP contribution is -2.27. The van der Waals surface area contributed by atoms with Crippen LogP contribution in [0.2, 0.25) is 0 Å². The number of nitrogens with one attached hydrogen (secondary N) is 1. The number of carboxylic acid groups (broad SMARTS) is 1. The molecular weight excluding hydrogens is 286 g/mol. The van der Waals surface area contributed by atoms with Crippen LogP contribution in [-0.2, 0) is 5.41 Å². The molecule has 0 bridgehead atoms. The topological polar surface area (TPSA) is 58.6 Å². The standard InChI is InChI=1S/C16H19NO3S/c1-16(2,14-5-4-8-21-14)10-17-13-9-11(20-3)6-7-12(13)15(18)19/h4-9,17H,10H2,1-3H3,(H,18,19). The summed E-state index contributed by atoms with van der Waals surface area (Å²) in [5, 5.41) is 14.6. The van der Waals surface area contributed by atoms with Gasteiger partial charge >= 0.3 is 5.97 Å². The van der Waals surface area contributed by atoms with Crippen LogP contribution in [-0.4, -0.2) is 24.7 Å². The predicted octanol–water partition coefficient (Wildman–Crippen LogP) is 3.84. The number of ether oxygens (including phenoxy) is 1. The molecule has 0 aliphatic carbocycles. The second-order valence-electron chi connectivity index (χ2n) is 5.43. The molecule has 0 saturated carbocycles. The fourth-order valence-electron chi connectivity index (χ4n) is 2.05. The first-order valence-corrected chi connectivity index (χ1v) is 7.51. The molecule has 21 heavy (non-hydrogen) atoms. The second kappa shape index (κ2) is 6.18. The molecule has 2 aromatic rings. The monoisotopic (exact) mass is 305 g/mol. The van der Waals surface area contributed by atoms with Gasteiger partial charge in [0.2, 0.25) is 0 Å². The van der Waals surface area contributed by atoms with E-state index in [9.17, 15) is 9.90 Å². The number of aromatic carboxylic acids is 1. The van der Waals surface area contributed by atoms with Crippen molar-refractivity contribution < 1.29 is 14.6 Å². The summed E-state index contributed by atoms with van der Waals surface area (Å²) < 4.78 is 5.16. The summed E-state index contributed by atoms with van der Waals surface area (Å²) in [6.45, 7) is 4.90. The van der Waals surface area contributed by atoms with Gasteiger partial charge in [0, 0.05) is 22.9 Å². The van der Waals surface area contributed by atoms with E-state index in [4.69, 9.17) is 4.74 Å². The SMILES string of the molecule is COc1ccc(C(=O)O)c(NCC(C)(C)c2cccs2)c1. The number of carboxylic acids is 1. The normalized spacial score (nSPS) is 11.2. The molecule has 1 aromatic carbocycles. The van der Waals surface area contributed by atoms with Crippen LogP contribution in [0.15, 0.2) is 35.7 Å². The van der Waals surface area contributed by atoms with Crippen molar-refractivity contribution >= 4 is 23.0 Å². The molecule has 0 atom stereocenters. The molecule has 0 unspecified atom stereocenters. The average molecular weight is 305 g/mol. The first-order valence-electron chi connectivity index (χ1n) is 6.63. The third-order valence-corrected chi connectivity index (χ3v) is 4.60. The quantitative estimate of drug-likeness (QED) is 0.851. The molecule has 4 nitrogen and oxygen atoms in total. The van der Waals surface area contributed by atoms with Crippen LogP contribution in [0, 0.1) is 0 Å². The van der Waals surface area contributed by atoms with Crippen molar-refractivity contribution in [3.05, 3.63) is 46.2 Å². The number of hydrogen-bond donors (Lipinski definition) is 2. The third kappa shape index (κ3) is 3.55. The Bertz CT molecular complexity index is 620. The number of thiophene rings is 1. The third-order valence-electron chi connectivity index (χ3n) is 3.37. The molecule has 0 radical (unpaired) electrons. The number of methoxy groups -OCH3 is 1. The zero-order valence-corrected chi connectivity index (χ0v) is 13.2. The molecule has 0 fully saturated rings. The highest BCUT2D eigenvalue weighted by atomic mass is 32.1. The van der Waals surface area contributed by atoms with Gasteiger partial charge in [0.05, 0.1) is 18.4 Å². The van der Waals surface area contributed by atoms with Gasteiger partial charge in [-0.1, -0.05) is 19.9 Å². The van der Waals surface area contributed by atoms with E-state index in [0.29, 0.717) is 18.0 Å². The van der Waals surface area contributed by atoms with E-state index < -0.39 is 5.97 Å². The average Bonchev–Trinajstić information content (AvgIpc) is 2.99. The Hall–Kier alpha value is -2.01. The lowest BCUT2D eigenvalue weighted by Gasteiger charge is -2.25. The van der Waals surface area contributed by atoms with Crippen molar-refractivity contribution in [2.75, 3.05) is 19.0 Å². The molecule has 0 saturated heterocycles. The lowest BCUT2D eigenvalue weighted by atomic mass is 9.91. The Morgan fingerprint density at radius 1 is 1.38 bits per heavy atom. The molecule has 0 aliphatic heterocycles. The van der Waals surface area contributed by atoms with Crippen molar-refractivity contribution in [1.82, 2.24) is 0 Å². The molecule has 1 aromatic heterocycles. The Morgan fingerprint density at radius 3 is 2.71 bits per heavy atom. The van der Waals surface area contributed by atoms with E-state index in [0.717, 1.165) is 0 Å². The summed E-state index contributed by atoms with van der Waals surface area (Å²) in [6.07, 6.45) is 0. The number of rotatable bonds is 6. The maximum atomic E-state index is 11.3. The van der Waals surface area contributed by atoms with Gasteiger partial charge in [0.15, 0.2) is 0 Å². The summed E-state index contributed by atoms with van der Waals surface area (Å²) in [4.78, 5) is 12.6. The van der Waals surface area contributed by atoms with Crippen LogP contribution in [0.3, 0.4) is 0 Å². The van der Waals surface area contributed by atoms with E-state index in [2.05, 4.69) is 25.2 Å². The first-order chi connectivity index (χ1) is 9.94. The van der Waals surface area contributed by atoms with Gasteiger partial charge in [-0.15, -0.1) is 11.3 Å². The zero-order valence-electron chi connectivity index (χ0n) is 12.3.